The molecule has 0 heterocycles. The van der Waals surface area contributed by atoms with Crippen LogP contribution in [0.25, 0.3) is 0 Å². The van der Waals surface area contributed by atoms with Gasteiger partial charge in [0.15, 0.2) is 0 Å². The maximum Gasteiger partial charge on any atom is 0.0883 e. The van der Waals surface area contributed by atoms with Gasteiger partial charge in [0, 0.05) is 0 Å². The minimum Gasteiger partial charge on any atom is -0.633 e. The normalized spacial score (nSPS) is 29.0. The molecule has 18 heavy (non-hydrogen) atoms. The van der Waals surface area contributed by atoms with Crippen molar-refractivity contribution in [1.82, 2.24) is 0 Å². The second-order valence-corrected chi connectivity index (χ2v) is 6.74. The van der Waals surface area contributed by atoms with Crippen LogP contribution in [-0.4, -0.2) is 49.6 Å². The predicted molar refractivity (Wildman–Crippen MR) is 75.5 cm³/mol. The lowest BCUT2D eigenvalue weighted by atomic mass is 9.93. The van der Waals surface area contributed by atoms with E-state index in [1.54, 1.807) is 28.2 Å². The molecule has 108 valence electrons. The van der Waals surface area contributed by atoms with Gasteiger partial charge in [0.05, 0.1) is 40.3 Å². The monoisotopic (exact) mass is 258 g/mol. The van der Waals surface area contributed by atoms with Crippen molar-refractivity contribution in [3.63, 3.8) is 0 Å². The summed E-state index contributed by atoms with van der Waals surface area (Å²) in [6.45, 7) is 0. The lowest BCUT2D eigenvalue weighted by molar-refractivity contribution is -0.869. The van der Waals surface area contributed by atoms with Gasteiger partial charge in [0.2, 0.25) is 0 Å². The molecule has 0 spiro atoms. The molecule has 0 atom stereocenters. The number of nitrogens with zero attached hydrogens (tertiary/aromatic N) is 2. The first-order valence-electron chi connectivity index (χ1n) is 7.30. The van der Waals surface area contributed by atoms with Gasteiger partial charge in [-0.05, 0) is 51.4 Å². The Balaban J connectivity index is 2.51. The average molecular weight is 258 g/mol. The Kier molecular flexibility index (Phi) is 5.59. The first-order chi connectivity index (χ1) is 8.21. The summed E-state index contributed by atoms with van der Waals surface area (Å²) >= 11 is 0. The molecule has 0 amide bonds. The largest absolute Gasteiger partial charge is 0.633 e. The van der Waals surface area contributed by atoms with Crippen LogP contribution < -0.4 is 0 Å². The first-order valence-corrected chi connectivity index (χ1v) is 7.30. The molecule has 0 aromatic carbocycles. The molecule has 4 nitrogen and oxygen atoms in total. The summed E-state index contributed by atoms with van der Waals surface area (Å²) in [6.07, 6.45) is 8.39. The maximum absolute atomic E-state index is 12.0. The fourth-order valence-electron chi connectivity index (χ4n) is 3.05. The van der Waals surface area contributed by atoms with Gasteiger partial charge < -0.3 is 19.7 Å². The van der Waals surface area contributed by atoms with E-state index in [2.05, 4.69) is 0 Å². The third-order valence-corrected chi connectivity index (χ3v) is 4.41. The Morgan fingerprint density at radius 1 is 0.611 bits per heavy atom. The third-order valence-electron chi connectivity index (χ3n) is 4.41. The van der Waals surface area contributed by atoms with Crippen LogP contribution >= 0.6 is 0 Å². The molecule has 0 aromatic heterocycles. The van der Waals surface area contributed by atoms with E-state index >= 15 is 0 Å². The summed E-state index contributed by atoms with van der Waals surface area (Å²) in [4.78, 5) is 0. The number of quaternary nitrogens is 2. The van der Waals surface area contributed by atoms with Gasteiger partial charge in [0.1, 0.15) is 0 Å². The van der Waals surface area contributed by atoms with Crippen LogP contribution in [0.1, 0.15) is 51.4 Å². The van der Waals surface area contributed by atoms with Gasteiger partial charge in [-0.15, -0.1) is 0 Å². The van der Waals surface area contributed by atoms with Crippen molar-refractivity contribution < 1.29 is 9.29 Å². The van der Waals surface area contributed by atoms with Crippen molar-refractivity contribution in [2.75, 3.05) is 28.2 Å². The summed E-state index contributed by atoms with van der Waals surface area (Å²) in [5, 5.41) is 24.1. The smallest absolute Gasteiger partial charge is 0.0883 e. The van der Waals surface area contributed by atoms with E-state index in [1.165, 1.54) is 0 Å². The van der Waals surface area contributed by atoms with Crippen LogP contribution in [0.5, 0.6) is 0 Å². The topological polar surface area (TPSA) is 46.1 Å². The van der Waals surface area contributed by atoms with E-state index in [-0.39, 0.29) is 21.4 Å². The lowest BCUT2D eigenvalue weighted by Gasteiger charge is -2.44. The van der Waals surface area contributed by atoms with E-state index in [0.29, 0.717) is 0 Å². The van der Waals surface area contributed by atoms with Gasteiger partial charge in [0.25, 0.3) is 0 Å². The highest BCUT2D eigenvalue weighted by Crippen LogP contribution is 2.25. The zero-order valence-corrected chi connectivity index (χ0v) is 12.5. The SMILES string of the molecule is C[N+](C)([O-])C1CCCCC([N+](C)(C)[O-])CCCC1. The summed E-state index contributed by atoms with van der Waals surface area (Å²) in [5.41, 5.74) is 0. The average Bonchev–Trinajstić information content (AvgIpc) is 2.22. The number of hydrogen-bond donors (Lipinski definition) is 0. The third kappa shape index (κ3) is 5.22. The van der Waals surface area contributed by atoms with E-state index in [0.717, 1.165) is 51.4 Å². The standard InChI is InChI=1S/C14H30N2O2/c1-15(2,17)13-9-5-7-11-14(16(3,4)18)12-8-6-10-13/h13-14H,5-12H2,1-4H3. The van der Waals surface area contributed by atoms with Crippen LogP contribution in [0.15, 0.2) is 0 Å². The Morgan fingerprint density at radius 2 is 0.833 bits per heavy atom. The highest BCUT2D eigenvalue weighted by atomic mass is 16.5. The fourth-order valence-corrected chi connectivity index (χ4v) is 3.05. The minimum absolute atomic E-state index is 0.160. The van der Waals surface area contributed by atoms with Gasteiger partial charge in [-0.2, -0.15) is 0 Å². The molecule has 0 radical (unpaired) electrons. The Labute approximate surface area is 112 Å². The quantitative estimate of drug-likeness (QED) is 0.564. The summed E-state index contributed by atoms with van der Waals surface area (Å²) in [6, 6.07) is 0.493. The van der Waals surface area contributed by atoms with Crippen molar-refractivity contribution in [1.29, 1.82) is 0 Å². The van der Waals surface area contributed by atoms with Crippen LogP contribution in [-0.2, 0) is 0 Å². The molecule has 1 rings (SSSR count). The number of hydroxylamine groups is 6. The van der Waals surface area contributed by atoms with Crippen molar-refractivity contribution in [2.24, 2.45) is 0 Å². The molecule has 1 fully saturated rings. The molecule has 0 N–H and O–H groups in total. The van der Waals surface area contributed by atoms with Crippen molar-refractivity contribution in [3.05, 3.63) is 10.4 Å². The lowest BCUT2D eigenvalue weighted by Crippen LogP contribution is -2.45. The molecule has 0 unspecified atom stereocenters. The predicted octanol–water partition coefficient (Wildman–Crippen LogP) is 3.01. The fraction of sp³-hybridized carbons (Fsp3) is 1.00. The van der Waals surface area contributed by atoms with Gasteiger partial charge in [-0.1, -0.05) is 0 Å². The summed E-state index contributed by atoms with van der Waals surface area (Å²) < 4.78 is -0.320. The van der Waals surface area contributed by atoms with Gasteiger partial charge in [-0.3, -0.25) is 0 Å². The number of rotatable bonds is 2. The molecule has 0 saturated heterocycles. The molecule has 0 aliphatic heterocycles. The van der Waals surface area contributed by atoms with Crippen LogP contribution in [0.4, 0.5) is 0 Å². The van der Waals surface area contributed by atoms with E-state index in [9.17, 15) is 10.4 Å². The van der Waals surface area contributed by atoms with Gasteiger partial charge >= 0.3 is 0 Å². The molecule has 1 aliphatic carbocycles. The van der Waals surface area contributed by atoms with E-state index in [4.69, 9.17) is 0 Å². The zero-order valence-electron chi connectivity index (χ0n) is 12.5. The van der Waals surface area contributed by atoms with Crippen molar-refractivity contribution in [3.8, 4) is 0 Å². The molecule has 1 aliphatic rings. The molecular weight excluding hydrogens is 228 g/mol. The van der Waals surface area contributed by atoms with Crippen LogP contribution in [0.3, 0.4) is 0 Å². The van der Waals surface area contributed by atoms with E-state index in [1.807, 2.05) is 0 Å². The Hall–Kier alpha value is -0.160. The summed E-state index contributed by atoms with van der Waals surface area (Å²) in [5.74, 6) is 0. The number of hydrogen-bond acceptors (Lipinski definition) is 2. The molecule has 0 aromatic rings. The molecule has 1 saturated carbocycles. The molecule has 0 bridgehead atoms. The van der Waals surface area contributed by atoms with Crippen LogP contribution in [0.2, 0.25) is 0 Å². The van der Waals surface area contributed by atoms with Crippen LogP contribution in [0, 0.1) is 10.4 Å². The van der Waals surface area contributed by atoms with Crippen molar-refractivity contribution in [2.45, 2.75) is 63.5 Å². The molecule has 4 heteroatoms. The first kappa shape index (κ1) is 15.9. The second kappa shape index (κ2) is 6.33. The maximum atomic E-state index is 12.0. The Morgan fingerprint density at radius 3 is 1.00 bits per heavy atom. The summed E-state index contributed by atoms with van der Waals surface area (Å²) in [7, 11) is 7.04. The second-order valence-electron chi connectivity index (χ2n) is 6.74. The highest BCUT2D eigenvalue weighted by molar-refractivity contribution is 4.67. The zero-order chi connectivity index (χ0) is 13.8. The minimum atomic E-state index is -0.160. The van der Waals surface area contributed by atoms with E-state index < -0.39 is 0 Å². The van der Waals surface area contributed by atoms with Gasteiger partial charge in [-0.25, -0.2) is 0 Å². The Bertz CT molecular complexity index is 205. The molecular formula is C14H30N2O2. The van der Waals surface area contributed by atoms with Crippen molar-refractivity contribution >= 4 is 0 Å². The highest BCUT2D eigenvalue weighted by Gasteiger charge is 2.24.